The highest BCUT2D eigenvalue weighted by molar-refractivity contribution is 5.85. The summed E-state index contributed by atoms with van der Waals surface area (Å²) in [6.45, 7) is 0.0645. The Labute approximate surface area is 174 Å². The molecule has 5 rings (SSSR count). The van der Waals surface area contributed by atoms with Crippen molar-refractivity contribution in [3.8, 4) is 28.4 Å². The Balaban J connectivity index is 1.70. The summed E-state index contributed by atoms with van der Waals surface area (Å²) in [6.07, 6.45) is 3.14. The van der Waals surface area contributed by atoms with Crippen LogP contribution >= 0.6 is 0 Å². The van der Waals surface area contributed by atoms with Crippen LogP contribution in [0.5, 0.6) is 5.88 Å². The Morgan fingerprint density at radius 1 is 0.935 bits per heavy atom. The van der Waals surface area contributed by atoms with Crippen molar-refractivity contribution in [2.24, 2.45) is 7.05 Å². The second-order valence-corrected chi connectivity index (χ2v) is 6.78. The molecule has 0 unspecified atom stereocenters. The maximum atomic E-state index is 14.7. The highest BCUT2D eigenvalue weighted by atomic mass is 19.1. The molecule has 0 aliphatic carbocycles. The van der Waals surface area contributed by atoms with Gasteiger partial charge in [-0.2, -0.15) is 5.10 Å². The maximum absolute atomic E-state index is 14.7. The summed E-state index contributed by atoms with van der Waals surface area (Å²) < 4.78 is 38.0. The van der Waals surface area contributed by atoms with Crippen molar-refractivity contribution in [1.82, 2.24) is 34.8 Å². The normalized spacial score (nSPS) is 11.2. The van der Waals surface area contributed by atoms with Crippen LogP contribution in [0.1, 0.15) is 5.69 Å². The molecule has 0 spiro atoms. The first-order chi connectivity index (χ1) is 15.1. The SMILES string of the molecule is Cn1cc(COc2nn3c(-c4ccccc4F)nncc3c2-c2ccccc2F)nn1. The molecule has 3 heterocycles. The van der Waals surface area contributed by atoms with Gasteiger partial charge in [0.1, 0.15) is 29.5 Å². The van der Waals surface area contributed by atoms with E-state index < -0.39 is 11.6 Å². The summed E-state index contributed by atoms with van der Waals surface area (Å²) in [5.41, 5.74) is 1.87. The number of ether oxygens (including phenoxy) is 1. The zero-order chi connectivity index (χ0) is 21.4. The third-order valence-electron chi connectivity index (χ3n) is 4.69. The number of fused-ring (bicyclic) bond motifs is 1. The molecule has 0 N–H and O–H groups in total. The monoisotopic (exact) mass is 419 g/mol. The number of nitrogens with zero attached hydrogens (tertiary/aromatic N) is 7. The van der Waals surface area contributed by atoms with Gasteiger partial charge in [-0.3, -0.25) is 4.68 Å². The molecular weight excluding hydrogens is 404 g/mol. The molecule has 0 saturated carbocycles. The van der Waals surface area contributed by atoms with Gasteiger partial charge >= 0.3 is 0 Å². The summed E-state index contributed by atoms with van der Waals surface area (Å²) in [5, 5.41) is 20.4. The van der Waals surface area contributed by atoms with E-state index >= 15 is 0 Å². The van der Waals surface area contributed by atoms with E-state index in [1.165, 1.54) is 22.8 Å². The number of hydrogen-bond donors (Lipinski definition) is 0. The van der Waals surface area contributed by atoms with Crippen LogP contribution < -0.4 is 4.74 Å². The number of rotatable bonds is 5. The van der Waals surface area contributed by atoms with Crippen LogP contribution in [-0.4, -0.2) is 34.8 Å². The first kappa shape index (κ1) is 18.8. The van der Waals surface area contributed by atoms with Gasteiger partial charge in [0, 0.05) is 12.6 Å². The highest BCUT2D eigenvalue weighted by Crippen LogP contribution is 2.37. The van der Waals surface area contributed by atoms with Crippen LogP contribution in [0.2, 0.25) is 0 Å². The molecule has 0 bridgehead atoms. The van der Waals surface area contributed by atoms with Gasteiger partial charge in [0.25, 0.3) is 0 Å². The molecule has 8 nitrogen and oxygen atoms in total. The summed E-state index contributed by atoms with van der Waals surface area (Å²) in [5.74, 6) is -0.619. The molecule has 0 saturated heterocycles. The molecule has 0 aliphatic heterocycles. The first-order valence-electron chi connectivity index (χ1n) is 9.34. The third kappa shape index (κ3) is 3.37. The number of benzene rings is 2. The Kier molecular flexibility index (Phi) is 4.58. The zero-order valence-corrected chi connectivity index (χ0v) is 16.3. The largest absolute Gasteiger partial charge is 0.469 e. The standard InChI is InChI=1S/C21H15F2N7O/c1-29-11-13(25-28-29)12-31-21-19(14-6-2-4-8-16(14)22)18-10-24-26-20(30(18)27-21)15-7-3-5-9-17(15)23/h2-11H,12H2,1H3. The summed E-state index contributed by atoms with van der Waals surface area (Å²) in [6, 6.07) is 12.4. The van der Waals surface area contributed by atoms with Crippen molar-refractivity contribution in [1.29, 1.82) is 0 Å². The van der Waals surface area contributed by atoms with Crippen LogP contribution in [0.4, 0.5) is 8.78 Å². The minimum absolute atomic E-state index is 0.0645. The zero-order valence-electron chi connectivity index (χ0n) is 16.3. The third-order valence-corrected chi connectivity index (χ3v) is 4.69. The molecule has 2 aromatic carbocycles. The molecular formula is C21H15F2N7O. The van der Waals surface area contributed by atoms with Gasteiger partial charge in [-0.1, -0.05) is 35.5 Å². The van der Waals surface area contributed by atoms with Gasteiger partial charge in [0.05, 0.1) is 23.5 Å². The minimum Gasteiger partial charge on any atom is -0.469 e. The van der Waals surface area contributed by atoms with E-state index in [0.29, 0.717) is 16.8 Å². The lowest BCUT2D eigenvalue weighted by molar-refractivity contribution is 0.288. The topological polar surface area (TPSA) is 83.0 Å². The average molecular weight is 419 g/mol. The number of aryl methyl sites for hydroxylation is 1. The Morgan fingerprint density at radius 2 is 1.65 bits per heavy atom. The molecule has 154 valence electrons. The van der Waals surface area contributed by atoms with Crippen LogP contribution in [0, 0.1) is 11.6 Å². The summed E-state index contributed by atoms with van der Waals surface area (Å²) >= 11 is 0. The lowest BCUT2D eigenvalue weighted by Crippen LogP contribution is -2.01. The molecule has 10 heteroatoms. The number of halogens is 2. The van der Waals surface area contributed by atoms with Crippen molar-refractivity contribution in [3.63, 3.8) is 0 Å². The predicted molar refractivity (Wildman–Crippen MR) is 107 cm³/mol. The Morgan fingerprint density at radius 3 is 2.32 bits per heavy atom. The van der Waals surface area contributed by atoms with Crippen molar-refractivity contribution < 1.29 is 13.5 Å². The van der Waals surface area contributed by atoms with Crippen LogP contribution in [0.15, 0.2) is 60.9 Å². The molecule has 0 fully saturated rings. The molecule has 31 heavy (non-hydrogen) atoms. The predicted octanol–water partition coefficient (Wildman–Crippen LogP) is 3.44. The second-order valence-electron chi connectivity index (χ2n) is 6.78. The molecule has 0 amide bonds. The maximum Gasteiger partial charge on any atom is 0.242 e. The van der Waals surface area contributed by atoms with E-state index in [4.69, 9.17) is 4.74 Å². The molecule has 5 aromatic rings. The Bertz CT molecular complexity index is 1400. The Hall–Kier alpha value is -4.21. The van der Waals surface area contributed by atoms with Gasteiger partial charge in [-0.15, -0.1) is 15.3 Å². The van der Waals surface area contributed by atoms with E-state index in [9.17, 15) is 8.78 Å². The second kappa shape index (κ2) is 7.56. The quantitative estimate of drug-likeness (QED) is 0.434. The van der Waals surface area contributed by atoms with Gasteiger partial charge in [-0.05, 0) is 18.2 Å². The van der Waals surface area contributed by atoms with Gasteiger partial charge in [0.2, 0.25) is 5.88 Å². The van der Waals surface area contributed by atoms with E-state index in [1.807, 2.05) is 0 Å². The number of aromatic nitrogens is 7. The van der Waals surface area contributed by atoms with Crippen molar-refractivity contribution in [2.45, 2.75) is 6.61 Å². The van der Waals surface area contributed by atoms with Gasteiger partial charge < -0.3 is 4.74 Å². The summed E-state index contributed by atoms with van der Waals surface area (Å²) in [4.78, 5) is 0. The molecule has 0 aliphatic rings. The minimum atomic E-state index is -0.478. The van der Waals surface area contributed by atoms with Gasteiger partial charge in [-0.25, -0.2) is 13.3 Å². The fraction of sp³-hybridized carbons (Fsp3) is 0.0952. The van der Waals surface area contributed by atoms with Crippen molar-refractivity contribution >= 4 is 5.52 Å². The summed E-state index contributed by atoms with van der Waals surface area (Å²) in [7, 11) is 1.74. The van der Waals surface area contributed by atoms with Gasteiger partial charge in [0.15, 0.2) is 5.82 Å². The fourth-order valence-electron chi connectivity index (χ4n) is 3.30. The van der Waals surface area contributed by atoms with Crippen molar-refractivity contribution in [2.75, 3.05) is 0 Å². The van der Waals surface area contributed by atoms with E-state index in [1.54, 1.807) is 54.3 Å². The lowest BCUT2D eigenvalue weighted by atomic mass is 10.1. The van der Waals surface area contributed by atoms with Crippen molar-refractivity contribution in [3.05, 3.63) is 78.3 Å². The molecule has 3 aromatic heterocycles. The first-order valence-corrected chi connectivity index (χ1v) is 9.34. The van der Waals surface area contributed by atoms with E-state index in [-0.39, 0.29) is 29.4 Å². The molecule has 0 atom stereocenters. The highest BCUT2D eigenvalue weighted by Gasteiger charge is 2.23. The smallest absolute Gasteiger partial charge is 0.242 e. The van der Waals surface area contributed by atoms with Crippen LogP contribution in [0.25, 0.3) is 28.0 Å². The molecule has 0 radical (unpaired) electrons. The number of hydrogen-bond acceptors (Lipinski definition) is 6. The average Bonchev–Trinajstić information content (AvgIpc) is 3.36. The lowest BCUT2D eigenvalue weighted by Gasteiger charge is -2.06. The van der Waals surface area contributed by atoms with Crippen LogP contribution in [0.3, 0.4) is 0 Å². The van der Waals surface area contributed by atoms with Crippen LogP contribution in [-0.2, 0) is 13.7 Å². The van der Waals surface area contributed by atoms with E-state index in [2.05, 4.69) is 25.6 Å². The fourth-order valence-corrected chi connectivity index (χ4v) is 3.30. The van der Waals surface area contributed by atoms with E-state index in [0.717, 1.165) is 0 Å².